The van der Waals surface area contributed by atoms with E-state index in [4.69, 9.17) is 5.11 Å². The van der Waals surface area contributed by atoms with E-state index in [0.717, 1.165) is 12.8 Å². The van der Waals surface area contributed by atoms with Gasteiger partial charge in [-0.15, -0.1) is 0 Å². The van der Waals surface area contributed by atoms with Gasteiger partial charge in [-0.3, -0.25) is 4.79 Å². The average Bonchev–Trinajstić information content (AvgIpc) is 2.58. The Balaban J connectivity index is 3.98. The molecule has 0 fully saturated rings. The quantitative estimate of drug-likeness (QED) is 0.284. The average molecular weight is 352 g/mol. The van der Waals surface area contributed by atoms with Crippen molar-refractivity contribution in [2.24, 2.45) is 0 Å². The molecule has 0 aliphatic heterocycles. The molecule has 0 aromatic heterocycles. The zero-order chi connectivity index (χ0) is 18.9. The fourth-order valence-corrected chi connectivity index (χ4v) is 2.04. The van der Waals surface area contributed by atoms with Crippen LogP contribution in [-0.4, -0.2) is 44.7 Å². The Morgan fingerprint density at radius 1 is 0.920 bits per heavy atom. The van der Waals surface area contributed by atoms with Crippen molar-refractivity contribution in [2.75, 3.05) is 0 Å². The minimum Gasteiger partial charge on any atom is -0.481 e. The molecule has 3 atom stereocenters. The number of aliphatic carboxylic acids is 1. The first-order chi connectivity index (χ1) is 12.0. The van der Waals surface area contributed by atoms with Gasteiger partial charge in [0.25, 0.3) is 0 Å². The maximum atomic E-state index is 10.3. The van der Waals surface area contributed by atoms with E-state index in [1.54, 1.807) is 12.2 Å². The highest BCUT2D eigenvalue weighted by molar-refractivity contribution is 5.66. The van der Waals surface area contributed by atoms with E-state index >= 15 is 0 Å². The van der Waals surface area contributed by atoms with E-state index in [2.05, 4.69) is 13.0 Å². The first-order valence-electron chi connectivity index (χ1n) is 8.86. The molecule has 0 heterocycles. The van der Waals surface area contributed by atoms with Crippen LogP contribution in [0.5, 0.6) is 0 Å². The molecule has 0 bridgehead atoms. The molecule has 0 amide bonds. The van der Waals surface area contributed by atoms with Crippen molar-refractivity contribution in [1.82, 2.24) is 0 Å². The molecule has 3 unspecified atom stereocenters. The molecule has 0 radical (unpaired) electrons. The fourth-order valence-electron chi connectivity index (χ4n) is 2.04. The van der Waals surface area contributed by atoms with Gasteiger partial charge in [0.2, 0.25) is 0 Å². The lowest BCUT2D eigenvalue weighted by Crippen LogP contribution is -2.35. The second-order valence-electron chi connectivity index (χ2n) is 5.79. The molecule has 0 aliphatic carbocycles. The molecule has 0 spiro atoms. The van der Waals surface area contributed by atoms with Gasteiger partial charge < -0.3 is 20.4 Å². The number of carboxylic acids is 1. The molecule has 0 rings (SSSR count). The van der Waals surface area contributed by atoms with Gasteiger partial charge >= 0.3 is 5.97 Å². The third-order valence-corrected chi connectivity index (χ3v) is 3.50. The van der Waals surface area contributed by atoms with Crippen LogP contribution in [0.2, 0.25) is 0 Å². The summed E-state index contributed by atoms with van der Waals surface area (Å²) in [7, 11) is 0. The van der Waals surface area contributed by atoms with Crippen LogP contribution in [0.1, 0.15) is 51.9 Å². The van der Waals surface area contributed by atoms with Crippen LogP contribution in [0, 0.1) is 0 Å². The molecule has 142 valence electrons. The monoisotopic (exact) mass is 352 g/mol. The Hall–Kier alpha value is -1.69. The van der Waals surface area contributed by atoms with Gasteiger partial charge in [0, 0.05) is 6.42 Å². The third kappa shape index (κ3) is 14.4. The normalized spacial score (nSPS) is 16.3. The van der Waals surface area contributed by atoms with Crippen LogP contribution in [0.15, 0.2) is 48.6 Å². The van der Waals surface area contributed by atoms with Crippen molar-refractivity contribution in [2.45, 2.75) is 70.2 Å². The van der Waals surface area contributed by atoms with Crippen molar-refractivity contribution >= 4 is 5.97 Å². The number of allylic oxidation sites excluding steroid dienone is 6. The summed E-state index contributed by atoms with van der Waals surface area (Å²) in [6, 6.07) is 0. The Labute approximate surface area is 150 Å². The predicted molar refractivity (Wildman–Crippen MR) is 100 cm³/mol. The Morgan fingerprint density at radius 3 is 2.24 bits per heavy atom. The summed E-state index contributed by atoms with van der Waals surface area (Å²) in [5.41, 5.74) is 0. The molecule has 0 saturated carbocycles. The molecule has 0 aromatic rings. The smallest absolute Gasteiger partial charge is 0.303 e. The summed E-state index contributed by atoms with van der Waals surface area (Å²) in [5, 5.41) is 38.1. The van der Waals surface area contributed by atoms with Gasteiger partial charge in [0.15, 0.2) is 0 Å². The van der Waals surface area contributed by atoms with Gasteiger partial charge in [-0.2, -0.15) is 0 Å². The molecular weight excluding hydrogens is 320 g/mol. The maximum Gasteiger partial charge on any atom is 0.303 e. The van der Waals surface area contributed by atoms with Crippen molar-refractivity contribution in [1.29, 1.82) is 0 Å². The molecule has 5 heteroatoms. The first kappa shape index (κ1) is 23.3. The van der Waals surface area contributed by atoms with E-state index in [1.165, 1.54) is 6.08 Å². The molecule has 0 aromatic carbocycles. The lowest BCUT2D eigenvalue weighted by atomic mass is 10.0. The second kappa shape index (κ2) is 15.8. The van der Waals surface area contributed by atoms with Crippen LogP contribution < -0.4 is 0 Å². The van der Waals surface area contributed by atoms with Crippen molar-refractivity contribution in [3.05, 3.63) is 48.6 Å². The Bertz CT molecular complexity index is 451. The number of unbranched alkanes of at least 4 members (excludes halogenated alkanes) is 1. The number of aliphatic hydroxyl groups excluding tert-OH is 3. The highest BCUT2D eigenvalue weighted by Gasteiger charge is 2.21. The molecule has 4 N–H and O–H groups in total. The number of hydrogen-bond donors (Lipinski definition) is 4. The van der Waals surface area contributed by atoms with Crippen molar-refractivity contribution < 1.29 is 25.2 Å². The van der Waals surface area contributed by atoms with Gasteiger partial charge in [0.05, 0.1) is 6.10 Å². The summed E-state index contributed by atoms with van der Waals surface area (Å²) >= 11 is 0. The van der Waals surface area contributed by atoms with E-state index in [0.29, 0.717) is 19.3 Å². The van der Waals surface area contributed by atoms with Gasteiger partial charge in [-0.25, -0.2) is 0 Å². The second-order valence-corrected chi connectivity index (χ2v) is 5.79. The number of rotatable bonds is 14. The van der Waals surface area contributed by atoms with Crippen molar-refractivity contribution in [3.63, 3.8) is 0 Å². The van der Waals surface area contributed by atoms with Gasteiger partial charge in [-0.1, -0.05) is 55.5 Å². The van der Waals surface area contributed by atoms with E-state index in [9.17, 15) is 20.1 Å². The summed E-state index contributed by atoms with van der Waals surface area (Å²) in [5.74, 6) is -0.795. The van der Waals surface area contributed by atoms with Crippen LogP contribution in [0.25, 0.3) is 0 Å². The van der Waals surface area contributed by atoms with Crippen molar-refractivity contribution in [3.8, 4) is 0 Å². The summed E-state index contributed by atoms with van der Waals surface area (Å²) in [6.45, 7) is 2.06. The van der Waals surface area contributed by atoms with Crippen LogP contribution in [0.3, 0.4) is 0 Å². The highest BCUT2D eigenvalue weighted by Crippen LogP contribution is 2.07. The zero-order valence-corrected chi connectivity index (χ0v) is 15.0. The fraction of sp³-hybridized carbons (Fsp3) is 0.550. The minimum atomic E-state index is -1.23. The molecular formula is C20H32O5. The number of carbonyl (C=O) groups is 1. The highest BCUT2D eigenvalue weighted by atomic mass is 16.4. The molecule has 0 saturated heterocycles. The van der Waals surface area contributed by atoms with Crippen LogP contribution >= 0.6 is 0 Å². The van der Waals surface area contributed by atoms with E-state index in [1.807, 2.05) is 24.3 Å². The third-order valence-electron chi connectivity index (χ3n) is 3.50. The number of carboxylic acid groups (broad SMARTS) is 1. The number of hydrogen-bond acceptors (Lipinski definition) is 4. The standard InChI is InChI=1S/C20H32O5/c1-2-3-4-5-8-11-14-17(21)20(25)18(22)15-12-9-6-7-10-13-16-19(23)24/h3-4,6-8,11-12,15,17-18,20-22,25H,2,5,9-10,13-14,16H2,1H3,(H,23,24). The molecule has 5 nitrogen and oxygen atoms in total. The predicted octanol–water partition coefficient (Wildman–Crippen LogP) is 3.13. The van der Waals surface area contributed by atoms with Crippen LogP contribution in [0.4, 0.5) is 0 Å². The maximum absolute atomic E-state index is 10.3. The molecule has 0 aliphatic rings. The lowest BCUT2D eigenvalue weighted by molar-refractivity contribution is -0.137. The van der Waals surface area contributed by atoms with Gasteiger partial charge in [0.1, 0.15) is 12.2 Å². The van der Waals surface area contributed by atoms with Gasteiger partial charge in [-0.05, 0) is 38.5 Å². The van der Waals surface area contributed by atoms with Crippen LogP contribution in [-0.2, 0) is 4.79 Å². The minimum absolute atomic E-state index is 0.159. The topological polar surface area (TPSA) is 98.0 Å². The summed E-state index contributed by atoms with van der Waals surface area (Å²) in [4.78, 5) is 10.3. The zero-order valence-electron chi connectivity index (χ0n) is 15.0. The molecule has 25 heavy (non-hydrogen) atoms. The summed E-state index contributed by atoms with van der Waals surface area (Å²) < 4.78 is 0. The lowest BCUT2D eigenvalue weighted by Gasteiger charge is -2.19. The summed E-state index contributed by atoms with van der Waals surface area (Å²) in [6.07, 6.45) is 15.5. The first-order valence-corrected chi connectivity index (χ1v) is 8.86. The van der Waals surface area contributed by atoms with E-state index in [-0.39, 0.29) is 12.8 Å². The number of aliphatic hydroxyl groups is 3. The Morgan fingerprint density at radius 2 is 1.56 bits per heavy atom. The Kier molecular flexibility index (Phi) is 14.7. The SMILES string of the molecule is CCC=CCC=CCC(O)C(O)C(O)C=CCC=CCCCC(=O)O. The largest absolute Gasteiger partial charge is 0.481 e. The van der Waals surface area contributed by atoms with E-state index < -0.39 is 24.3 Å².